The molecule has 1 amide bonds. The number of ether oxygens (including phenoxy) is 1. The van der Waals surface area contributed by atoms with Gasteiger partial charge < -0.3 is 14.1 Å². The molecular formula is C26H27NO5. The van der Waals surface area contributed by atoms with Gasteiger partial charge in [0.25, 0.3) is 0 Å². The lowest BCUT2D eigenvalue weighted by atomic mass is 9.91. The van der Waals surface area contributed by atoms with Gasteiger partial charge in [-0.05, 0) is 37.5 Å². The Balaban J connectivity index is 1.68. The van der Waals surface area contributed by atoms with Crippen molar-refractivity contribution in [1.29, 1.82) is 0 Å². The summed E-state index contributed by atoms with van der Waals surface area (Å²) in [5.41, 5.74) is 1.92. The van der Waals surface area contributed by atoms with Crippen LogP contribution in [0.3, 0.4) is 0 Å². The van der Waals surface area contributed by atoms with Crippen LogP contribution in [0.2, 0.25) is 0 Å². The molecule has 1 aromatic heterocycles. The number of amides is 1. The van der Waals surface area contributed by atoms with Crippen LogP contribution in [-0.2, 0) is 11.4 Å². The third-order valence-electron chi connectivity index (χ3n) is 6.20. The second-order valence-corrected chi connectivity index (χ2v) is 8.18. The number of hydrogen-bond acceptors (Lipinski definition) is 5. The minimum Gasteiger partial charge on any atom is -0.488 e. The molecule has 0 saturated carbocycles. The molecule has 0 bridgehead atoms. The summed E-state index contributed by atoms with van der Waals surface area (Å²) in [6.07, 6.45) is 2.62. The van der Waals surface area contributed by atoms with Crippen molar-refractivity contribution >= 4 is 23.2 Å². The number of rotatable bonds is 6. The summed E-state index contributed by atoms with van der Waals surface area (Å²) in [6.45, 7) is 5.21. The van der Waals surface area contributed by atoms with E-state index < -0.39 is 0 Å². The van der Waals surface area contributed by atoms with Gasteiger partial charge in [0.2, 0.25) is 5.91 Å². The molecular weight excluding hydrogens is 406 g/mol. The summed E-state index contributed by atoms with van der Waals surface area (Å²) in [7, 11) is 0. The van der Waals surface area contributed by atoms with Gasteiger partial charge in [-0.1, -0.05) is 37.3 Å². The highest BCUT2D eigenvalue weighted by Gasteiger charge is 2.28. The first-order chi connectivity index (χ1) is 15.5. The monoisotopic (exact) mass is 433 g/mol. The zero-order valence-corrected chi connectivity index (χ0v) is 18.4. The molecule has 4 rings (SSSR count). The molecule has 2 aromatic carbocycles. The molecule has 0 unspecified atom stereocenters. The van der Waals surface area contributed by atoms with Crippen molar-refractivity contribution in [3.8, 4) is 5.75 Å². The Labute approximate surface area is 186 Å². The quantitative estimate of drug-likeness (QED) is 0.531. The largest absolute Gasteiger partial charge is 0.488 e. The predicted octanol–water partition coefficient (Wildman–Crippen LogP) is 4.61. The number of likely N-dealkylation sites (tertiary alicyclic amines) is 1. The van der Waals surface area contributed by atoms with Crippen molar-refractivity contribution in [1.82, 2.24) is 4.90 Å². The first-order valence-electron chi connectivity index (χ1n) is 11.0. The molecule has 0 radical (unpaired) electrons. The average molecular weight is 434 g/mol. The fraction of sp³-hybridized carbons (Fsp3) is 0.346. The van der Waals surface area contributed by atoms with Gasteiger partial charge in [-0.15, -0.1) is 0 Å². The van der Waals surface area contributed by atoms with Gasteiger partial charge >= 0.3 is 0 Å². The Hall–Kier alpha value is -3.41. The number of aldehydes is 1. The van der Waals surface area contributed by atoms with Gasteiger partial charge in [0.05, 0.1) is 10.9 Å². The summed E-state index contributed by atoms with van der Waals surface area (Å²) in [4.78, 5) is 38.9. The standard InChI is InChI=1S/C26H27NO5/c1-3-23(29)27-13-11-19(12-14-27)25-17(2)24(30)20-9-10-22(21(15-28)26(20)32-25)31-16-18-7-5-4-6-8-18/h4-10,15,19H,3,11-14,16H2,1-2H3. The normalized spacial score (nSPS) is 14.5. The number of hydrogen-bond donors (Lipinski definition) is 0. The van der Waals surface area contributed by atoms with Crippen molar-refractivity contribution in [3.05, 3.63) is 75.1 Å². The fourth-order valence-electron chi connectivity index (χ4n) is 4.35. The number of carbonyl (C=O) groups is 2. The lowest BCUT2D eigenvalue weighted by Gasteiger charge is -2.32. The van der Waals surface area contributed by atoms with Crippen molar-refractivity contribution < 1.29 is 18.7 Å². The van der Waals surface area contributed by atoms with E-state index in [1.807, 2.05) is 42.2 Å². The number of piperidine rings is 1. The maximum atomic E-state index is 13.1. The molecule has 0 N–H and O–H groups in total. The molecule has 1 aliphatic heterocycles. The molecule has 1 saturated heterocycles. The van der Waals surface area contributed by atoms with E-state index in [4.69, 9.17) is 9.15 Å². The van der Waals surface area contributed by atoms with E-state index in [2.05, 4.69) is 0 Å². The van der Waals surface area contributed by atoms with Crippen LogP contribution in [0, 0.1) is 6.92 Å². The Morgan fingerprint density at radius 2 is 1.88 bits per heavy atom. The van der Waals surface area contributed by atoms with Crippen LogP contribution < -0.4 is 10.2 Å². The predicted molar refractivity (Wildman–Crippen MR) is 122 cm³/mol. The van der Waals surface area contributed by atoms with Crippen LogP contribution in [0.25, 0.3) is 11.0 Å². The average Bonchev–Trinajstić information content (AvgIpc) is 2.84. The van der Waals surface area contributed by atoms with Crippen LogP contribution in [-0.4, -0.2) is 30.2 Å². The maximum absolute atomic E-state index is 13.1. The van der Waals surface area contributed by atoms with Gasteiger partial charge in [0.1, 0.15) is 18.1 Å². The lowest BCUT2D eigenvalue weighted by molar-refractivity contribution is -0.131. The maximum Gasteiger partial charge on any atom is 0.222 e. The SMILES string of the molecule is CCC(=O)N1CCC(c2oc3c(C=O)c(OCc4ccccc4)ccc3c(=O)c2C)CC1. The van der Waals surface area contributed by atoms with Gasteiger partial charge in [-0.2, -0.15) is 0 Å². The molecule has 32 heavy (non-hydrogen) atoms. The highest BCUT2D eigenvalue weighted by molar-refractivity contribution is 5.97. The van der Waals surface area contributed by atoms with Crippen molar-refractivity contribution in [2.45, 2.75) is 45.6 Å². The van der Waals surface area contributed by atoms with Crippen molar-refractivity contribution in [2.75, 3.05) is 13.1 Å². The molecule has 1 fully saturated rings. The van der Waals surface area contributed by atoms with E-state index >= 15 is 0 Å². The van der Waals surface area contributed by atoms with Crippen molar-refractivity contribution in [3.63, 3.8) is 0 Å². The zero-order valence-electron chi connectivity index (χ0n) is 18.4. The molecule has 1 aliphatic rings. The first kappa shape index (κ1) is 21.8. The van der Waals surface area contributed by atoms with E-state index in [-0.39, 0.29) is 28.4 Å². The van der Waals surface area contributed by atoms with E-state index in [0.29, 0.717) is 54.9 Å². The Morgan fingerprint density at radius 1 is 1.16 bits per heavy atom. The molecule has 0 spiro atoms. The minimum atomic E-state index is -0.133. The zero-order chi connectivity index (χ0) is 22.7. The summed E-state index contributed by atoms with van der Waals surface area (Å²) in [5, 5.41) is 0.374. The second-order valence-electron chi connectivity index (χ2n) is 8.18. The van der Waals surface area contributed by atoms with Crippen LogP contribution in [0.15, 0.2) is 51.7 Å². The van der Waals surface area contributed by atoms with Crippen LogP contribution in [0.1, 0.15) is 59.3 Å². The second kappa shape index (κ2) is 9.39. The third kappa shape index (κ3) is 4.17. The van der Waals surface area contributed by atoms with E-state index in [1.54, 1.807) is 19.1 Å². The summed E-state index contributed by atoms with van der Waals surface area (Å²) < 4.78 is 12.1. The summed E-state index contributed by atoms with van der Waals surface area (Å²) >= 11 is 0. The molecule has 166 valence electrons. The molecule has 6 heteroatoms. The lowest BCUT2D eigenvalue weighted by Crippen LogP contribution is -2.37. The highest BCUT2D eigenvalue weighted by Crippen LogP contribution is 2.34. The third-order valence-corrected chi connectivity index (χ3v) is 6.20. The van der Waals surface area contributed by atoms with Crippen LogP contribution in [0.4, 0.5) is 0 Å². The fourth-order valence-corrected chi connectivity index (χ4v) is 4.35. The minimum absolute atomic E-state index is 0.0291. The Kier molecular flexibility index (Phi) is 6.40. The van der Waals surface area contributed by atoms with Crippen LogP contribution in [0.5, 0.6) is 5.75 Å². The first-order valence-corrected chi connectivity index (χ1v) is 11.0. The van der Waals surface area contributed by atoms with Crippen LogP contribution >= 0.6 is 0 Å². The molecule has 6 nitrogen and oxygen atoms in total. The number of carbonyl (C=O) groups excluding carboxylic acids is 2. The number of fused-ring (bicyclic) bond motifs is 1. The van der Waals surface area contributed by atoms with E-state index in [0.717, 1.165) is 18.4 Å². The summed E-state index contributed by atoms with van der Waals surface area (Å²) in [6, 6.07) is 13.0. The molecule has 3 aromatic rings. The number of benzene rings is 2. The van der Waals surface area contributed by atoms with E-state index in [9.17, 15) is 14.4 Å². The van der Waals surface area contributed by atoms with Crippen molar-refractivity contribution in [2.24, 2.45) is 0 Å². The number of nitrogens with zero attached hydrogens (tertiary/aromatic N) is 1. The molecule has 0 atom stereocenters. The van der Waals surface area contributed by atoms with Gasteiger partial charge in [0.15, 0.2) is 17.3 Å². The van der Waals surface area contributed by atoms with E-state index in [1.165, 1.54) is 0 Å². The molecule has 2 heterocycles. The Morgan fingerprint density at radius 3 is 2.53 bits per heavy atom. The highest BCUT2D eigenvalue weighted by atomic mass is 16.5. The van der Waals surface area contributed by atoms with Gasteiger partial charge in [-0.25, -0.2) is 0 Å². The van der Waals surface area contributed by atoms with Gasteiger partial charge in [0, 0.05) is 31.0 Å². The van der Waals surface area contributed by atoms with Gasteiger partial charge in [-0.3, -0.25) is 14.4 Å². The topological polar surface area (TPSA) is 76.8 Å². The smallest absolute Gasteiger partial charge is 0.222 e. The molecule has 0 aliphatic carbocycles. The Bertz CT molecular complexity index is 1190. The summed E-state index contributed by atoms with van der Waals surface area (Å²) in [5.74, 6) is 1.16.